The monoisotopic (exact) mass is 507 g/mol. The summed E-state index contributed by atoms with van der Waals surface area (Å²) < 4.78 is 5.79. The Morgan fingerprint density at radius 2 is 1.56 bits per heavy atom. The number of piperidine rings is 1. The molecule has 0 saturated carbocycles. The molecule has 5 nitrogen and oxygen atoms in total. The van der Waals surface area contributed by atoms with Gasteiger partial charge >= 0.3 is 0 Å². The minimum absolute atomic E-state index is 0.676. The molecule has 0 unspecified atom stereocenters. The zero-order valence-electron chi connectivity index (χ0n) is 18.9. The molecule has 8 heteroatoms. The van der Waals surface area contributed by atoms with E-state index in [1.807, 2.05) is 36.4 Å². The van der Waals surface area contributed by atoms with Gasteiger partial charge in [0.2, 0.25) is 0 Å². The molecule has 34 heavy (non-hydrogen) atoms. The number of aromatic nitrogens is 2. The summed E-state index contributed by atoms with van der Waals surface area (Å²) >= 11 is 9.79. The average molecular weight is 508 g/mol. The molecule has 1 aliphatic heterocycles. The number of halogens is 1. The summed E-state index contributed by atoms with van der Waals surface area (Å²) in [6.45, 7) is 4.28. The van der Waals surface area contributed by atoms with Crippen LogP contribution in [-0.4, -0.2) is 27.4 Å². The predicted octanol–water partition coefficient (Wildman–Crippen LogP) is 7.95. The van der Waals surface area contributed by atoms with E-state index in [1.165, 1.54) is 36.8 Å². The van der Waals surface area contributed by atoms with Crippen molar-refractivity contribution >= 4 is 63.9 Å². The number of hydrogen-bond acceptors (Lipinski definition) is 7. The molecule has 5 rings (SSSR count). The van der Waals surface area contributed by atoms with Gasteiger partial charge < -0.3 is 10.0 Å². The molecule has 4 aromatic rings. The van der Waals surface area contributed by atoms with Gasteiger partial charge in [-0.2, -0.15) is 0 Å². The van der Waals surface area contributed by atoms with E-state index in [0.29, 0.717) is 11.6 Å². The van der Waals surface area contributed by atoms with Crippen molar-refractivity contribution in [2.75, 3.05) is 23.1 Å². The molecular formula is C26H26ClN5S2. The Labute approximate surface area is 214 Å². The molecule has 1 saturated heterocycles. The summed E-state index contributed by atoms with van der Waals surface area (Å²) in [6, 6.07) is 22.3. The third-order valence-electron chi connectivity index (χ3n) is 5.59. The van der Waals surface area contributed by atoms with E-state index in [-0.39, 0.29) is 0 Å². The second kappa shape index (κ2) is 10.9. The Balaban J connectivity index is 1.41. The zero-order chi connectivity index (χ0) is 23.3. The maximum Gasteiger partial charge on any atom is 0.180 e. The van der Waals surface area contributed by atoms with Crippen LogP contribution in [0.1, 0.15) is 24.8 Å². The second-order valence-electron chi connectivity index (χ2n) is 8.28. The molecule has 2 heterocycles. The maximum absolute atomic E-state index is 6.54. The number of anilines is 3. The molecule has 1 aromatic heterocycles. The Hall–Kier alpha value is -2.45. The van der Waals surface area contributed by atoms with E-state index < -0.39 is 0 Å². The number of aryl methyl sites for hydroxylation is 1. The van der Waals surface area contributed by atoms with Crippen LogP contribution in [0, 0.1) is 6.92 Å². The highest BCUT2D eigenvalue weighted by molar-refractivity contribution is 8.00. The van der Waals surface area contributed by atoms with E-state index in [1.54, 1.807) is 11.9 Å². The molecule has 174 valence electrons. The lowest BCUT2D eigenvalue weighted by Gasteiger charge is -2.25. The van der Waals surface area contributed by atoms with E-state index >= 15 is 0 Å². The van der Waals surface area contributed by atoms with Crippen molar-refractivity contribution < 1.29 is 0 Å². The first-order valence-electron chi connectivity index (χ1n) is 11.4. The fraction of sp³-hybridized carbons (Fsp3) is 0.231. The van der Waals surface area contributed by atoms with Crippen molar-refractivity contribution in [2.24, 2.45) is 0 Å². The average Bonchev–Trinajstić information content (AvgIpc) is 2.86. The molecule has 2 N–H and O–H groups in total. The molecule has 1 fully saturated rings. The molecular weight excluding hydrogens is 482 g/mol. The lowest BCUT2D eigenvalue weighted by molar-refractivity contribution is 0.380. The second-order valence-corrected chi connectivity index (χ2v) is 10.7. The van der Waals surface area contributed by atoms with Gasteiger partial charge in [0.05, 0.1) is 16.1 Å². The number of rotatable bonds is 7. The van der Waals surface area contributed by atoms with E-state index in [2.05, 4.69) is 51.6 Å². The van der Waals surface area contributed by atoms with Gasteiger partial charge in [-0.25, -0.2) is 14.3 Å². The third kappa shape index (κ3) is 5.78. The normalized spacial score (nSPS) is 14.3. The Morgan fingerprint density at radius 3 is 2.29 bits per heavy atom. The molecule has 0 atom stereocenters. The first kappa shape index (κ1) is 23.3. The van der Waals surface area contributed by atoms with Crippen molar-refractivity contribution in [1.82, 2.24) is 14.3 Å². The van der Waals surface area contributed by atoms with Gasteiger partial charge in [0.25, 0.3) is 0 Å². The highest BCUT2D eigenvalue weighted by Gasteiger charge is 2.15. The van der Waals surface area contributed by atoms with Gasteiger partial charge in [0.15, 0.2) is 11.6 Å². The van der Waals surface area contributed by atoms with Crippen LogP contribution in [0.5, 0.6) is 0 Å². The van der Waals surface area contributed by atoms with E-state index in [4.69, 9.17) is 21.6 Å². The number of benzene rings is 3. The molecule has 0 aliphatic carbocycles. The van der Waals surface area contributed by atoms with Gasteiger partial charge in [-0.3, -0.25) is 0 Å². The lowest BCUT2D eigenvalue weighted by Crippen LogP contribution is -2.22. The minimum Gasteiger partial charge on any atom is -0.337 e. The van der Waals surface area contributed by atoms with Gasteiger partial charge in [0, 0.05) is 28.6 Å². The maximum atomic E-state index is 6.54. The lowest BCUT2D eigenvalue weighted by atomic mass is 10.2. The summed E-state index contributed by atoms with van der Waals surface area (Å²) in [5.41, 5.74) is 3.85. The number of para-hydroxylation sites is 2. The molecule has 0 spiro atoms. The highest BCUT2D eigenvalue weighted by Crippen LogP contribution is 2.35. The van der Waals surface area contributed by atoms with Gasteiger partial charge in [-0.15, -0.1) is 0 Å². The van der Waals surface area contributed by atoms with Crippen molar-refractivity contribution in [3.8, 4) is 0 Å². The fourth-order valence-corrected chi connectivity index (χ4v) is 5.66. The van der Waals surface area contributed by atoms with Crippen LogP contribution in [0.3, 0.4) is 0 Å². The summed E-state index contributed by atoms with van der Waals surface area (Å²) in [5.74, 6) is 1.36. The zero-order valence-corrected chi connectivity index (χ0v) is 21.3. The molecule has 3 aromatic carbocycles. The predicted molar refractivity (Wildman–Crippen MR) is 146 cm³/mol. The van der Waals surface area contributed by atoms with Crippen molar-refractivity contribution in [1.29, 1.82) is 0 Å². The van der Waals surface area contributed by atoms with Crippen molar-refractivity contribution in [2.45, 2.75) is 36.0 Å². The largest absolute Gasteiger partial charge is 0.337 e. The Bertz CT molecular complexity index is 1280. The fourth-order valence-electron chi connectivity index (χ4n) is 3.75. The van der Waals surface area contributed by atoms with Crippen LogP contribution in [0.4, 0.5) is 17.3 Å². The molecule has 1 aliphatic rings. The highest BCUT2D eigenvalue weighted by atomic mass is 35.5. The standard InChI is InChI=1S/C26H26ClN5S2/c1-18-9-12-20(13-10-18)33-31-26-25(29-22-7-3-4-8-23(22)30-26)28-19-11-14-21(27)24(17-19)34-32-15-5-2-6-16-32/h3-4,7-14,17H,2,5-6,15-16H2,1H3,(H,28,29)(H,30,31). The molecule has 0 amide bonds. The summed E-state index contributed by atoms with van der Waals surface area (Å²) in [7, 11) is 0. The minimum atomic E-state index is 0.676. The van der Waals surface area contributed by atoms with E-state index in [0.717, 1.165) is 44.6 Å². The summed E-state index contributed by atoms with van der Waals surface area (Å²) in [4.78, 5) is 11.9. The first-order chi connectivity index (χ1) is 16.6. The van der Waals surface area contributed by atoms with Crippen LogP contribution in [-0.2, 0) is 0 Å². The van der Waals surface area contributed by atoms with Gasteiger partial charge in [-0.1, -0.05) is 47.9 Å². The van der Waals surface area contributed by atoms with Crippen LogP contribution < -0.4 is 10.0 Å². The smallest absolute Gasteiger partial charge is 0.180 e. The number of fused-ring (bicyclic) bond motifs is 1. The van der Waals surface area contributed by atoms with Crippen molar-refractivity contribution in [3.05, 3.63) is 77.3 Å². The van der Waals surface area contributed by atoms with Gasteiger partial charge in [0.1, 0.15) is 0 Å². The van der Waals surface area contributed by atoms with Crippen LogP contribution >= 0.6 is 35.5 Å². The quantitative estimate of drug-likeness (QED) is 0.246. The Kier molecular flexibility index (Phi) is 7.45. The van der Waals surface area contributed by atoms with Gasteiger partial charge in [-0.05, 0) is 86.1 Å². The topological polar surface area (TPSA) is 53.1 Å². The number of nitrogens with one attached hydrogen (secondary N) is 2. The summed E-state index contributed by atoms with van der Waals surface area (Å²) in [5, 5.41) is 4.24. The first-order valence-corrected chi connectivity index (χ1v) is 13.4. The molecule has 0 radical (unpaired) electrons. The number of nitrogens with zero attached hydrogens (tertiary/aromatic N) is 3. The SMILES string of the molecule is Cc1ccc(SNc2nc3ccccc3nc2Nc2ccc(Cl)c(SN3CCCCC3)c2)cc1. The van der Waals surface area contributed by atoms with Crippen LogP contribution in [0.2, 0.25) is 5.02 Å². The van der Waals surface area contributed by atoms with Crippen molar-refractivity contribution in [3.63, 3.8) is 0 Å². The van der Waals surface area contributed by atoms with Crippen LogP contribution in [0.25, 0.3) is 11.0 Å². The Morgan fingerprint density at radius 1 is 0.853 bits per heavy atom. The van der Waals surface area contributed by atoms with Crippen LogP contribution in [0.15, 0.2) is 76.5 Å². The third-order valence-corrected chi connectivity index (χ3v) is 8.00. The van der Waals surface area contributed by atoms with E-state index in [9.17, 15) is 0 Å². The molecule has 0 bridgehead atoms. The summed E-state index contributed by atoms with van der Waals surface area (Å²) in [6.07, 6.45) is 3.79. The number of hydrogen-bond donors (Lipinski definition) is 2.